The minimum atomic E-state index is -0.894. The molecule has 1 aromatic heterocycles. The van der Waals surface area contributed by atoms with Gasteiger partial charge < -0.3 is 24.8 Å². The zero-order valence-electron chi connectivity index (χ0n) is 22.4. The van der Waals surface area contributed by atoms with Gasteiger partial charge in [-0.3, -0.25) is 0 Å². The highest BCUT2D eigenvalue weighted by molar-refractivity contribution is 5.98. The minimum Gasteiger partial charge on any atom is -0.478 e. The molecule has 2 atom stereocenters. The predicted molar refractivity (Wildman–Crippen MR) is 150 cm³/mol. The molecule has 1 saturated carbocycles. The molecule has 2 N–H and O–H groups in total. The van der Waals surface area contributed by atoms with Gasteiger partial charge in [0.25, 0.3) is 0 Å². The number of nitrogens with one attached hydrogen (secondary N) is 1. The monoisotopic (exact) mass is 514 g/mol. The van der Waals surface area contributed by atoms with Gasteiger partial charge in [0.15, 0.2) is 0 Å². The van der Waals surface area contributed by atoms with E-state index in [0.29, 0.717) is 18.0 Å². The molecule has 7 nitrogen and oxygen atoms in total. The molecular weight excluding hydrogens is 476 g/mol. The van der Waals surface area contributed by atoms with Crippen molar-refractivity contribution in [3.05, 3.63) is 59.2 Å². The van der Waals surface area contributed by atoms with Gasteiger partial charge in [0.05, 0.1) is 17.3 Å². The Balaban J connectivity index is 1.50. The van der Waals surface area contributed by atoms with E-state index in [2.05, 4.69) is 39.0 Å². The van der Waals surface area contributed by atoms with Crippen LogP contribution in [0.4, 0.5) is 4.79 Å². The van der Waals surface area contributed by atoms with E-state index >= 15 is 0 Å². The molecule has 0 bridgehead atoms. The maximum Gasteiger partial charge on any atom is 0.335 e. The van der Waals surface area contributed by atoms with E-state index in [1.165, 1.54) is 59.9 Å². The molecule has 2 unspecified atom stereocenters. The van der Waals surface area contributed by atoms with Crippen LogP contribution in [0.3, 0.4) is 0 Å². The number of urea groups is 1. The van der Waals surface area contributed by atoms with Gasteiger partial charge in [0.1, 0.15) is 0 Å². The van der Waals surface area contributed by atoms with Crippen LogP contribution in [-0.2, 0) is 6.54 Å². The smallest absolute Gasteiger partial charge is 0.335 e. The third kappa shape index (κ3) is 4.27. The molecule has 0 spiro atoms. The summed E-state index contributed by atoms with van der Waals surface area (Å²) in [7, 11) is 4.02. The number of carboxylic acid groups (broad SMARTS) is 1. The lowest BCUT2D eigenvalue weighted by Gasteiger charge is -2.29. The van der Waals surface area contributed by atoms with Crippen molar-refractivity contribution in [2.75, 3.05) is 33.7 Å². The van der Waals surface area contributed by atoms with Crippen LogP contribution in [-0.4, -0.2) is 65.2 Å². The second-order valence-electron chi connectivity index (χ2n) is 11.6. The Hall–Kier alpha value is -3.32. The molecule has 200 valence electrons. The highest BCUT2D eigenvalue weighted by atomic mass is 16.4. The summed E-state index contributed by atoms with van der Waals surface area (Å²) in [5.41, 5.74) is 6.38. The van der Waals surface area contributed by atoms with Crippen molar-refractivity contribution in [1.82, 2.24) is 19.7 Å². The fourth-order valence-electron chi connectivity index (χ4n) is 7.18. The number of aromatic nitrogens is 1. The van der Waals surface area contributed by atoms with Crippen molar-refractivity contribution in [3.63, 3.8) is 0 Å². The highest BCUT2D eigenvalue weighted by Gasteiger charge is 2.43. The number of nitrogens with zero attached hydrogens (tertiary/aromatic N) is 3. The van der Waals surface area contributed by atoms with Crippen LogP contribution in [0.2, 0.25) is 0 Å². The number of hydrogen-bond donors (Lipinski definition) is 2. The van der Waals surface area contributed by atoms with Gasteiger partial charge in [0, 0.05) is 48.6 Å². The van der Waals surface area contributed by atoms with Crippen LogP contribution in [0.1, 0.15) is 72.0 Å². The summed E-state index contributed by atoms with van der Waals surface area (Å²) in [6.07, 6.45) is 7.02. The largest absolute Gasteiger partial charge is 0.478 e. The first-order valence-corrected chi connectivity index (χ1v) is 14.1. The zero-order chi connectivity index (χ0) is 26.4. The lowest BCUT2D eigenvalue weighted by atomic mass is 9.81. The summed E-state index contributed by atoms with van der Waals surface area (Å²) in [5, 5.41) is 14.1. The first kappa shape index (κ1) is 25.0. The van der Waals surface area contributed by atoms with E-state index in [0.717, 1.165) is 31.6 Å². The average Bonchev–Trinajstić information content (AvgIpc) is 3.44. The Bertz CT molecular complexity index is 1370. The van der Waals surface area contributed by atoms with Gasteiger partial charge in [-0.05, 0) is 62.5 Å². The van der Waals surface area contributed by atoms with E-state index in [4.69, 9.17) is 0 Å². The molecular formula is C31H38N4O3. The van der Waals surface area contributed by atoms with E-state index < -0.39 is 5.97 Å². The number of carboxylic acids is 1. The van der Waals surface area contributed by atoms with Gasteiger partial charge in [-0.1, -0.05) is 49.6 Å². The molecule has 2 aliphatic heterocycles. The number of carbonyl (C=O) groups excluding carboxylic acids is 1. The van der Waals surface area contributed by atoms with Crippen molar-refractivity contribution in [3.8, 4) is 11.3 Å². The summed E-state index contributed by atoms with van der Waals surface area (Å²) in [6.45, 7) is 2.93. The number of fused-ring (bicyclic) bond motifs is 7. The lowest BCUT2D eigenvalue weighted by molar-refractivity contribution is 0.0697. The number of likely N-dealkylation sites (N-methyl/N-ethyl adjacent to an activating group) is 1. The molecule has 3 aromatic rings. The topological polar surface area (TPSA) is 77.8 Å². The Kier molecular flexibility index (Phi) is 6.64. The van der Waals surface area contributed by atoms with E-state index in [-0.39, 0.29) is 18.0 Å². The molecule has 0 radical (unpaired) electrons. The molecule has 2 fully saturated rings. The molecule has 2 amide bonds. The van der Waals surface area contributed by atoms with Crippen molar-refractivity contribution in [2.45, 2.75) is 57.0 Å². The summed E-state index contributed by atoms with van der Waals surface area (Å²) >= 11 is 0. The standard InChI is InChI=1S/C31H38N4O3/c1-33(2)17-15-32-31(38)34-16-14-22-19-35-26-18-21(30(36)37)12-13-25(26)27(20-8-4-3-5-9-20)29(35)24-11-7-6-10-23(24)28(22)34/h6-7,10-13,18,20,22,28H,3-5,8-9,14-17,19H2,1-2H3,(H,32,38)(H,36,37). The molecule has 2 aromatic carbocycles. The molecule has 3 heterocycles. The van der Waals surface area contributed by atoms with Gasteiger partial charge in [-0.25, -0.2) is 9.59 Å². The molecule has 1 saturated heterocycles. The fourth-order valence-corrected chi connectivity index (χ4v) is 7.18. The highest BCUT2D eigenvalue weighted by Crippen LogP contribution is 2.51. The summed E-state index contributed by atoms with van der Waals surface area (Å²) in [6, 6.07) is 14.3. The van der Waals surface area contributed by atoms with Crippen molar-refractivity contribution in [2.24, 2.45) is 5.92 Å². The summed E-state index contributed by atoms with van der Waals surface area (Å²) < 4.78 is 2.41. The predicted octanol–water partition coefficient (Wildman–Crippen LogP) is 5.70. The number of aromatic carboxylic acids is 1. The van der Waals surface area contributed by atoms with Gasteiger partial charge >= 0.3 is 12.0 Å². The number of hydrogen-bond acceptors (Lipinski definition) is 3. The molecule has 38 heavy (non-hydrogen) atoms. The molecule has 7 heteroatoms. The Labute approximate surface area is 224 Å². The third-order valence-electron chi connectivity index (χ3n) is 8.93. The summed E-state index contributed by atoms with van der Waals surface area (Å²) in [5.74, 6) is -0.162. The fraction of sp³-hybridized carbons (Fsp3) is 0.484. The zero-order valence-corrected chi connectivity index (χ0v) is 22.4. The van der Waals surface area contributed by atoms with Gasteiger partial charge in [0.2, 0.25) is 0 Å². The summed E-state index contributed by atoms with van der Waals surface area (Å²) in [4.78, 5) is 29.5. The number of benzene rings is 2. The van der Waals surface area contributed by atoms with Crippen LogP contribution in [0.25, 0.3) is 22.2 Å². The Morgan fingerprint density at radius 3 is 2.61 bits per heavy atom. The van der Waals surface area contributed by atoms with Gasteiger partial charge in [-0.15, -0.1) is 0 Å². The second-order valence-corrected chi connectivity index (χ2v) is 11.6. The first-order valence-electron chi connectivity index (χ1n) is 14.1. The SMILES string of the molecule is CN(C)CCNC(=O)N1CCC2Cn3c(c(C4CCCCC4)c4ccc(C(=O)O)cc43)-c3ccccc3C21. The molecule has 1 aliphatic carbocycles. The van der Waals surface area contributed by atoms with E-state index in [1.807, 2.05) is 31.1 Å². The average molecular weight is 515 g/mol. The second kappa shape index (κ2) is 10.1. The molecule has 3 aliphatic rings. The Morgan fingerprint density at radius 2 is 1.84 bits per heavy atom. The lowest BCUT2D eigenvalue weighted by Crippen LogP contribution is -2.42. The number of amides is 2. The molecule has 6 rings (SSSR count). The quantitative estimate of drug-likeness (QED) is 0.458. The van der Waals surface area contributed by atoms with Crippen molar-refractivity contribution >= 4 is 22.9 Å². The van der Waals surface area contributed by atoms with Crippen molar-refractivity contribution < 1.29 is 14.7 Å². The number of likely N-dealkylation sites (tertiary alicyclic amines) is 1. The minimum absolute atomic E-state index is 0.00219. The first-order chi connectivity index (χ1) is 18.4. The van der Waals surface area contributed by atoms with Crippen LogP contribution < -0.4 is 5.32 Å². The van der Waals surface area contributed by atoms with Gasteiger partial charge in [-0.2, -0.15) is 0 Å². The maximum absolute atomic E-state index is 13.4. The van der Waals surface area contributed by atoms with Crippen LogP contribution in [0, 0.1) is 5.92 Å². The van der Waals surface area contributed by atoms with Crippen LogP contribution in [0.5, 0.6) is 0 Å². The number of carbonyl (C=O) groups is 2. The maximum atomic E-state index is 13.4. The van der Waals surface area contributed by atoms with Crippen LogP contribution in [0.15, 0.2) is 42.5 Å². The third-order valence-corrected chi connectivity index (χ3v) is 8.93. The van der Waals surface area contributed by atoms with Crippen molar-refractivity contribution in [1.29, 1.82) is 0 Å². The number of rotatable bonds is 5. The van der Waals surface area contributed by atoms with E-state index in [1.54, 1.807) is 6.07 Å². The van der Waals surface area contributed by atoms with E-state index in [9.17, 15) is 14.7 Å². The Morgan fingerprint density at radius 1 is 1.05 bits per heavy atom. The normalized spacial score (nSPS) is 21.2. The van der Waals surface area contributed by atoms with Crippen LogP contribution >= 0.6 is 0 Å².